The Kier molecular flexibility index (Phi) is 4.84. The lowest BCUT2D eigenvalue weighted by molar-refractivity contribution is 0.587. The molecule has 2 rings (SSSR count). The van der Waals surface area contributed by atoms with Crippen LogP contribution >= 0.6 is 11.6 Å². The van der Waals surface area contributed by atoms with Crippen molar-refractivity contribution in [3.63, 3.8) is 0 Å². The van der Waals surface area contributed by atoms with Gasteiger partial charge < -0.3 is 5.73 Å². The van der Waals surface area contributed by atoms with E-state index < -0.39 is 0 Å². The van der Waals surface area contributed by atoms with Crippen LogP contribution in [0.15, 0.2) is 24.3 Å². The van der Waals surface area contributed by atoms with Crippen molar-refractivity contribution in [1.82, 2.24) is 9.78 Å². The highest BCUT2D eigenvalue weighted by molar-refractivity contribution is 6.30. The molecule has 3 nitrogen and oxygen atoms in total. The minimum absolute atomic E-state index is 0.487. The van der Waals surface area contributed by atoms with Crippen molar-refractivity contribution in [1.29, 1.82) is 0 Å². The van der Waals surface area contributed by atoms with E-state index >= 15 is 0 Å². The topological polar surface area (TPSA) is 43.8 Å². The zero-order chi connectivity index (χ0) is 14.7. The van der Waals surface area contributed by atoms with E-state index in [-0.39, 0.29) is 0 Å². The van der Waals surface area contributed by atoms with Gasteiger partial charge in [0.05, 0.1) is 12.2 Å². The Morgan fingerprint density at radius 1 is 1.25 bits per heavy atom. The van der Waals surface area contributed by atoms with Crippen molar-refractivity contribution in [2.45, 2.75) is 33.7 Å². The molecule has 0 aliphatic heterocycles. The molecule has 1 aromatic carbocycles. The second kappa shape index (κ2) is 6.42. The van der Waals surface area contributed by atoms with Crippen LogP contribution in [0.3, 0.4) is 0 Å². The molecule has 0 spiro atoms. The highest BCUT2D eigenvalue weighted by Gasteiger charge is 2.14. The summed E-state index contributed by atoms with van der Waals surface area (Å²) in [5, 5.41) is 5.42. The lowest BCUT2D eigenvalue weighted by atomic mass is 10.00. The molecule has 0 aliphatic carbocycles. The smallest absolute Gasteiger partial charge is 0.0662 e. The molecule has 2 N–H and O–H groups in total. The molecule has 0 bridgehead atoms. The highest BCUT2D eigenvalue weighted by atomic mass is 35.5. The Hall–Kier alpha value is -1.32. The standard InChI is InChI=1S/C16H22ClN3/c1-11(9-18)8-16-12(2)19-20(13(16)3)10-14-4-6-15(17)7-5-14/h4-7,11H,8-10,18H2,1-3H3. The summed E-state index contributed by atoms with van der Waals surface area (Å²) in [7, 11) is 0. The molecule has 1 unspecified atom stereocenters. The third-order valence-electron chi connectivity index (χ3n) is 3.73. The lowest BCUT2D eigenvalue weighted by Gasteiger charge is -2.09. The van der Waals surface area contributed by atoms with Crippen molar-refractivity contribution in [3.05, 3.63) is 51.8 Å². The monoisotopic (exact) mass is 291 g/mol. The maximum absolute atomic E-state index is 5.91. The second-order valence-corrected chi connectivity index (χ2v) is 5.91. The van der Waals surface area contributed by atoms with Crippen LogP contribution in [0.4, 0.5) is 0 Å². The van der Waals surface area contributed by atoms with Gasteiger partial charge in [-0.1, -0.05) is 30.7 Å². The van der Waals surface area contributed by atoms with Crippen molar-refractivity contribution in [2.24, 2.45) is 11.7 Å². The molecule has 0 aliphatic rings. The lowest BCUT2D eigenvalue weighted by Crippen LogP contribution is -2.14. The summed E-state index contributed by atoms with van der Waals surface area (Å²) in [6, 6.07) is 7.92. The first-order chi connectivity index (χ1) is 9.51. The summed E-state index contributed by atoms with van der Waals surface area (Å²) in [4.78, 5) is 0. The molecular weight excluding hydrogens is 270 g/mol. The van der Waals surface area contributed by atoms with Crippen molar-refractivity contribution >= 4 is 11.6 Å². The van der Waals surface area contributed by atoms with Gasteiger partial charge in [-0.3, -0.25) is 4.68 Å². The predicted molar refractivity (Wildman–Crippen MR) is 84.2 cm³/mol. The van der Waals surface area contributed by atoms with Crippen LogP contribution in [0.2, 0.25) is 5.02 Å². The highest BCUT2D eigenvalue weighted by Crippen LogP contribution is 2.19. The first-order valence-corrected chi connectivity index (χ1v) is 7.36. The molecule has 1 atom stereocenters. The second-order valence-electron chi connectivity index (χ2n) is 5.48. The Morgan fingerprint density at radius 3 is 2.50 bits per heavy atom. The van der Waals surface area contributed by atoms with Gasteiger partial charge in [-0.25, -0.2) is 0 Å². The number of halogens is 1. The molecule has 0 fully saturated rings. The minimum atomic E-state index is 0.487. The Morgan fingerprint density at radius 2 is 1.90 bits per heavy atom. The third kappa shape index (κ3) is 3.41. The predicted octanol–water partition coefficient (Wildman–Crippen LogP) is 3.34. The Bertz CT molecular complexity index is 572. The van der Waals surface area contributed by atoms with E-state index in [1.54, 1.807) is 0 Å². The van der Waals surface area contributed by atoms with Crippen molar-refractivity contribution in [3.8, 4) is 0 Å². The first-order valence-electron chi connectivity index (χ1n) is 6.98. The summed E-state index contributed by atoms with van der Waals surface area (Å²) < 4.78 is 2.07. The van der Waals surface area contributed by atoms with Crippen LogP contribution in [0, 0.1) is 19.8 Å². The summed E-state index contributed by atoms with van der Waals surface area (Å²) in [5.74, 6) is 0.487. The van der Waals surface area contributed by atoms with E-state index in [1.807, 2.05) is 24.3 Å². The van der Waals surface area contributed by atoms with Crippen molar-refractivity contribution < 1.29 is 0 Å². The van der Waals surface area contributed by atoms with Crippen LogP contribution < -0.4 is 5.73 Å². The minimum Gasteiger partial charge on any atom is -0.330 e. The SMILES string of the molecule is Cc1nn(Cc2ccc(Cl)cc2)c(C)c1CC(C)CN. The van der Waals surface area contributed by atoms with Gasteiger partial charge in [0.25, 0.3) is 0 Å². The van der Waals surface area contributed by atoms with Gasteiger partial charge in [0.1, 0.15) is 0 Å². The average Bonchev–Trinajstić information content (AvgIpc) is 2.69. The van der Waals surface area contributed by atoms with E-state index in [4.69, 9.17) is 17.3 Å². The maximum Gasteiger partial charge on any atom is 0.0662 e. The first kappa shape index (κ1) is 15.1. The zero-order valence-corrected chi connectivity index (χ0v) is 13.1. The zero-order valence-electron chi connectivity index (χ0n) is 12.4. The van der Waals surface area contributed by atoms with Gasteiger partial charge in [-0.15, -0.1) is 0 Å². The third-order valence-corrected chi connectivity index (χ3v) is 3.98. The van der Waals surface area contributed by atoms with E-state index in [1.165, 1.54) is 16.8 Å². The molecule has 1 heterocycles. The average molecular weight is 292 g/mol. The summed E-state index contributed by atoms with van der Waals surface area (Å²) in [6.45, 7) is 7.87. The molecule has 4 heteroatoms. The van der Waals surface area contributed by atoms with Crippen LogP contribution in [0.5, 0.6) is 0 Å². The van der Waals surface area contributed by atoms with Gasteiger partial charge in [-0.05, 0) is 56.0 Å². The van der Waals surface area contributed by atoms with E-state index in [9.17, 15) is 0 Å². The quantitative estimate of drug-likeness (QED) is 0.918. The number of rotatable bonds is 5. The number of aromatic nitrogens is 2. The van der Waals surface area contributed by atoms with Crippen LogP contribution in [0.25, 0.3) is 0 Å². The van der Waals surface area contributed by atoms with E-state index in [0.29, 0.717) is 12.5 Å². The van der Waals surface area contributed by atoms with Gasteiger partial charge in [-0.2, -0.15) is 5.10 Å². The molecule has 0 radical (unpaired) electrons. The number of aryl methyl sites for hydroxylation is 1. The fourth-order valence-electron chi connectivity index (χ4n) is 2.38. The largest absolute Gasteiger partial charge is 0.330 e. The van der Waals surface area contributed by atoms with Gasteiger partial charge in [0.2, 0.25) is 0 Å². The van der Waals surface area contributed by atoms with Gasteiger partial charge in [0.15, 0.2) is 0 Å². The van der Waals surface area contributed by atoms with Crippen LogP contribution in [0.1, 0.15) is 29.4 Å². The molecule has 20 heavy (non-hydrogen) atoms. The Balaban J connectivity index is 2.21. The maximum atomic E-state index is 5.91. The number of nitrogens with zero attached hydrogens (tertiary/aromatic N) is 2. The van der Waals surface area contributed by atoms with Crippen LogP contribution in [-0.2, 0) is 13.0 Å². The molecule has 2 aromatic rings. The van der Waals surface area contributed by atoms with Crippen LogP contribution in [-0.4, -0.2) is 16.3 Å². The fourth-order valence-corrected chi connectivity index (χ4v) is 2.50. The van der Waals surface area contributed by atoms with Crippen molar-refractivity contribution in [2.75, 3.05) is 6.54 Å². The molecule has 108 valence electrons. The number of nitrogens with two attached hydrogens (primary N) is 1. The fraction of sp³-hybridized carbons (Fsp3) is 0.438. The van der Waals surface area contributed by atoms with Gasteiger partial charge in [0, 0.05) is 10.7 Å². The molecule has 1 aromatic heterocycles. The molecule has 0 saturated carbocycles. The van der Waals surface area contributed by atoms with Gasteiger partial charge >= 0.3 is 0 Å². The molecular formula is C16H22ClN3. The number of hydrogen-bond acceptors (Lipinski definition) is 2. The summed E-state index contributed by atoms with van der Waals surface area (Å²) in [5.41, 5.74) is 10.6. The number of benzene rings is 1. The van der Waals surface area contributed by atoms with E-state index in [2.05, 4.69) is 30.6 Å². The summed E-state index contributed by atoms with van der Waals surface area (Å²) >= 11 is 5.91. The molecule has 0 saturated heterocycles. The number of hydrogen-bond donors (Lipinski definition) is 1. The molecule has 0 amide bonds. The normalized spacial score (nSPS) is 12.7. The Labute approximate surface area is 125 Å². The summed E-state index contributed by atoms with van der Waals surface area (Å²) in [6.07, 6.45) is 0.995. The van der Waals surface area contributed by atoms with E-state index in [0.717, 1.165) is 23.7 Å².